The summed E-state index contributed by atoms with van der Waals surface area (Å²) in [6, 6.07) is 1.36. The van der Waals surface area contributed by atoms with Gasteiger partial charge in [-0.25, -0.2) is 0 Å². The molecule has 0 radical (unpaired) electrons. The Labute approximate surface area is 62.4 Å². The zero-order valence-electron chi connectivity index (χ0n) is 6.59. The van der Waals surface area contributed by atoms with E-state index in [9.17, 15) is 0 Å². The van der Waals surface area contributed by atoms with Gasteiger partial charge in [0.1, 0.15) is 0 Å². The van der Waals surface area contributed by atoms with Crippen molar-refractivity contribution in [3.8, 4) is 0 Å². The van der Waals surface area contributed by atoms with E-state index in [2.05, 4.69) is 11.8 Å². The molecule has 0 aromatic carbocycles. The molecule has 3 unspecified atom stereocenters. The molecular formula is C8H16N2. The molecule has 2 aliphatic rings. The molecule has 10 heavy (non-hydrogen) atoms. The molecule has 2 rings (SSSR count). The van der Waals surface area contributed by atoms with Crippen molar-refractivity contribution in [1.82, 2.24) is 4.90 Å². The van der Waals surface area contributed by atoms with Crippen LogP contribution in [0.5, 0.6) is 0 Å². The number of rotatable bonds is 1. The first-order chi connectivity index (χ1) is 4.81. The normalized spacial score (nSPS) is 46.8. The maximum Gasteiger partial charge on any atom is 0.0114 e. The summed E-state index contributed by atoms with van der Waals surface area (Å²) in [6.45, 7) is 4.72. The lowest BCUT2D eigenvalue weighted by molar-refractivity contribution is 0.210. The number of piperidine rings is 1. The first-order valence-corrected chi connectivity index (χ1v) is 4.31. The number of likely N-dealkylation sites (tertiary alicyclic amines) is 1. The molecule has 1 aliphatic heterocycles. The number of hydrogen-bond acceptors (Lipinski definition) is 2. The molecule has 58 valence electrons. The van der Waals surface area contributed by atoms with Crippen molar-refractivity contribution in [3.63, 3.8) is 0 Å². The highest BCUT2D eigenvalue weighted by atomic mass is 15.2. The molecule has 0 aromatic heterocycles. The van der Waals surface area contributed by atoms with Gasteiger partial charge in [-0.1, -0.05) is 6.92 Å². The highest BCUT2D eigenvalue weighted by Gasteiger charge is 2.41. The van der Waals surface area contributed by atoms with E-state index in [0.29, 0.717) is 6.04 Å². The lowest BCUT2D eigenvalue weighted by atomic mass is 10.0. The van der Waals surface area contributed by atoms with Crippen molar-refractivity contribution in [3.05, 3.63) is 0 Å². The van der Waals surface area contributed by atoms with E-state index in [1.165, 1.54) is 25.9 Å². The molecule has 0 amide bonds. The summed E-state index contributed by atoms with van der Waals surface area (Å²) in [7, 11) is 0. The van der Waals surface area contributed by atoms with E-state index in [1.807, 2.05) is 0 Å². The van der Waals surface area contributed by atoms with Gasteiger partial charge < -0.3 is 10.6 Å². The molecule has 2 nitrogen and oxygen atoms in total. The van der Waals surface area contributed by atoms with Crippen molar-refractivity contribution in [1.29, 1.82) is 0 Å². The molecule has 0 aromatic rings. The Morgan fingerprint density at radius 2 is 2.30 bits per heavy atom. The predicted molar refractivity (Wildman–Crippen MR) is 41.7 cm³/mol. The molecule has 1 saturated carbocycles. The fourth-order valence-corrected chi connectivity index (χ4v) is 2.47. The molecule has 1 saturated heterocycles. The minimum atomic E-state index is 0.521. The summed E-state index contributed by atoms with van der Waals surface area (Å²) >= 11 is 0. The smallest absolute Gasteiger partial charge is 0.0114 e. The molecule has 2 N–H and O–H groups in total. The Morgan fingerprint density at radius 3 is 2.70 bits per heavy atom. The first-order valence-electron chi connectivity index (χ1n) is 4.31. The van der Waals surface area contributed by atoms with Crippen molar-refractivity contribution in [2.75, 3.05) is 13.1 Å². The minimum Gasteiger partial charge on any atom is -0.327 e. The number of fused-ring (bicyclic) bond motifs is 2. The molecule has 2 fully saturated rings. The van der Waals surface area contributed by atoms with Gasteiger partial charge in [-0.2, -0.15) is 0 Å². The van der Waals surface area contributed by atoms with Gasteiger partial charge >= 0.3 is 0 Å². The van der Waals surface area contributed by atoms with Crippen LogP contribution in [-0.2, 0) is 0 Å². The Balaban J connectivity index is 2.02. The molecule has 1 aliphatic carbocycles. The fourth-order valence-electron chi connectivity index (χ4n) is 2.47. The quantitative estimate of drug-likeness (QED) is 0.572. The van der Waals surface area contributed by atoms with Crippen LogP contribution in [0.25, 0.3) is 0 Å². The van der Waals surface area contributed by atoms with Crippen LogP contribution in [0, 0.1) is 5.92 Å². The van der Waals surface area contributed by atoms with E-state index in [-0.39, 0.29) is 0 Å². The second kappa shape index (κ2) is 2.21. The van der Waals surface area contributed by atoms with E-state index >= 15 is 0 Å². The van der Waals surface area contributed by atoms with Crippen LogP contribution in [0.1, 0.15) is 19.8 Å². The summed E-state index contributed by atoms with van der Waals surface area (Å²) in [5.74, 6) is 0.824. The third-order valence-electron chi connectivity index (χ3n) is 3.12. The van der Waals surface area contributed by atoms with Crippen molar-refractivity contribution in [2.45, 2.75) is 31.8 Å². The molecule has 0 spiro atoms. The summed E-state index contributed by atoms with van der Waals surface area (Å²) < 4.78 is 0. The summed E-state index contributed by atoms with van der Waals surface area (Å²) in [5.41, 5.74) is 5.91. The highest BCUT2D eigenvalue weighted by Crippen LogP contribution is 2.36. The lowest BCUT2D eigenvalue weighted by Gasteiger charge is -2.28. The molecular weight excluding hydrogens is 124 g/mol. The van der Waals surface area contributed by atoms with E-state index in [0.717, 1.165) is 12.0 Å². The highest BCUT2D eigenvalue weighted by molar-refractivity contribution is 4.98. The third-order valence-corrected chi connectivity index (χ3v) is 3.12. The van der Waals surface area contributed by atoms with Crippen LogP contribution < -0.4 is 5.73 Å². The average Bonchev–Trinajstić information content (AvgIpc) is 2.44. The number of nitrogens with zero attached hydrogens (tertiary/aromatic N) is 1. The van der Waals surface area contributed by atoms with Crippen LogP contribution in [-0.4, -0.2) is 30.1 Å². The van der Waals surface area contributed by atoms with Gasteiger partial charge in [-0.3, -0.25) is 0 Å². The SMILES string of the molecule is CCN1CC2CC1CC2N. The molecule has 1 heterocycles. The van der Waals surface area contributed by atoms with Crippen LogP contribution in [0.15, 0.2) is 0 Å². The predicted octanol–water partition coefficient (Wildman–Crippen LogP) is 0.428. The molecule has 2 heteroatoms. The van der Waals surface area contributed by atoms with Gasteiger partial charge in [0.2, 0.25) is 0 Å². The zero-order chi connectivity index (χ0) is 7.14. The van der Waals surface area contributed by atoms with Crippen LogP contribution >= 0.6 is 0 Å². The van der Waals surface area contributed by atoms with E-state index in [1.54, 1.807) is 0 Å². The molecule has 2 bridgehead atoms. The van der Waals surface area contributed by atoms with Crippen LogP contribution in [0.4, 0.5) is 0 Å². The zero-order valence-corrected chi connectivity index (χ0v) is 6.59. The Morgan fingerprint density at radius 1 is 1.50 bits per heavy atom. The van der Waals surface area contributed by atoms with Gasteiger partial charge in [0.15, 0.2) is 0 Å². The van der Waals surface area contributed by atoms with Crippen molar-refractivity contribution >= 4 is 0 Å². The van der Waals surface area contributed by atoms with Crippen molar-refractivity contribution in [2.24, 2.45) is 11.7 Å². The second-order valence-electron chi connectivity index (χ2n) is 3.64. The van der Waals surface area contributed by atoms with Crippen molar-refractivity contribution < 1.29 is 0 Å². The lowest BCUT2D eigenvalue weighted by Crippen LogP contribution is -2.40. The van der Waals surface area contributed by atoms with Crippen LogP contribution in [0.2, 0.25) is 0 Å². The maximum atomic E-state index is 5.91. The average molecular weight is 140 g/mol. The van der Waals surface area contributed by atoms with Gasteiger partial charge in [-0.05, 0) is 25.3 Å². The standard InChI is InChI=1S/C8H16N2/c1-2-10-5-6-3-7(10)4-8(6)9/h6-8H,2-5,9H2,1H3. The summed E-state index contributed by atoms with van der Waals surface area (Å²) in [6.07, 6.45) is 2.62. The Hall–Kier alpha value is -0.0800. The van der Waals surface area contributed by atoms with E-state index < -0.39 is 0 Å². The first kappa shape index (κ1) is 6.62. The van der Waals surface area contributed by atoms with Gasteiger partial charge in [0, 0.05) is 18.6 Å². The fraction of sp³-hybridized carbons (Fsp3) is 1.00. The number of hydrogen-bond donors (Lipinski definition) is 1. The van der Waals surface area contributed by atoms with E-state index in [4.69, 9.17) is 5.73 Å². The maximum absolute atomic E-state index is 5.91. The van der Waals surface area contributed by atoms with Crippen LogP contribution in [0.3, 0.4) is 0 Å². The summed E-state index contributed by atoms with van der Waals surface area (Å²) in [5, 5.41) is 0. The second-order valence-corrected chi connectivity index (χ2v) is 3.64. The van der Waals surface area contributed by atoms with Gasteiger partial charge in [-0.15, -0.1) is 0 Å². The number of nitrogens with two attached hydrogens (primary N) is 1. The largest absolute Gasteiger partial charge is 0.327 e. The van der Waals surface area contributed by atoms with Gasteiger partial charge in [0.25, 0.3) is 0 Å². The minimum absolute atomic E-state index is 0.521. The van der Waals surface area contributed by atoms with Gasteiger partial charge in [0.05, 0.1) is 0 Å². The Bertz CT molecular complexity index is 133. The molecule has 3 atom stereocenters. The Kier molecular flexibility index (Phi) is 1.46. The monoisotopic (exact) mass is 140 g/mol. The topological polar surface area (TPSA) is 29.3 Å². The summed E-state index contributed by atoms with van der Waals surface area (Å²) in [4.78, 5) is 2.56. The third kappa shape index (κ3) is 0.789.